The van der Waals surface area contributed by atoms with Crippen molar-refractivity contribution in [3.8, 4) is 11.1 Å². The summed E-state index contributed by atoms with van der Waals surface area (Å²) in [5.74, 6) is 0.723. The highest BCUT2D eigenvalue weighted by Crippen LogP contribution is 2.29. The van der Waals surface area contributed by atoms with E-state index in [1.807, 2.05) is 0 Å². The molecule has 37 heavy (non-hydrogen) atoms. The second-order valence-corrected chi connectivity index (χ2v) is 10.9. The van der Waals surface area contributed by atoms with Crippen molar-refractivity contribution < 1.29 is 17.7 Å². The van der Waals surface area contributed by atoms with Gasteiger partial charge in [0.1, 0.15) is 5.82 Å². The van der Waals surface area contributed by atoms with E-state index in [0.717, 1.165) is 5.56 Å². The fourth-order valence-electron chi connectivity index (χ4n) is 3.41. The van der Waals surface area contributed by atoms with Gasteiger partial charge in [0.15, 0.2) is 0 Å². The number of sulfonamides is 1. The summed E-state index contributed by atoms with van der Waals surface area (Å²) in [7, 11) is -5.95. The fraction of sp³-hybridized carbons (Fsp3) is 0.120. The number of benzene rings is 3. The van der Waals surface area contributed by atoms with Crippen LogP contribution >= 0.6 is 0 Å². The lowest BCUT2D eigenvalue weighted by molar-refractivity contribution is 0.281. The largest absolute Gasteiger partial charge is 0.394 e. The lowest BCUT2D eigenvalue weighted by Gasteiger charge is -2.17. The molecule has 0 aliphatic heterocycles. The number of hydrogen-bond acceptors (Lipinski definition) is 9. The standard InChI is InChI=1S/C25H26N6O4S2/c1-17(16-32)28-24-23(15-27-25(30-24)29-20-6-5-7-21(14-20)36(26)33)18-10-12-19(13-11-18)31-37(34,35)22-8-3-2-4-9-22/h2-15,17,26,31-32,36H,16H2,1H3,(H2,27,28,29,30). The average Bonchev–Trinajstić information content (AvgIpc) is 2.90. The molecule has 0 bridgehead atoms. The SMILES string of the molecule is CC(CO)Nc1nc(Nc2cccc([SH](=N)=O)c2)ncc1-c1ccc(NS(=O)(=O)c2ccccc2)cc1. The van der Waals surface area contributed by atoms with Crippen molar-refractivity contribution in [3.05, 3.63) is 85.1 Å². The van der Waals surface area contributed by atoms with Gasteiger partial charge in [-0.25, -0.2) is 17.6 Å². The quantitative estimate of drug-likeness (QED) is 0.165. The highest BCUT2D eigenvalue weighted by molar-refractivity contribution is 7.92. The zero-order chi connectivity index (χ0) is 26.4. The smallest absolute Gasteiger partial charge is 0.261 e. The van der Waals surface area contributed by atoms with Crippen molar-refractivity contribution in [2.24, 2.45) is 0 Å². The van der Waals surface area contributed by atoms with Crippen LogP contribution in [0.15, 0.2) is 94.9 Å². The van der Waals surface area contributed by atoms with Gasteiger partial charge < -0.3 is 15.7 Å². The first kappa shape index (κ1) is 26.1. The van der Waals surface area contributed by atoms with Crippen LogP contribution < -0.4 is 15.4 Å². The maximum atomic E-state index is 12.6. The average molecular weight is 539 g/mol. The van der Waals surface area contributed by atoms with Gasteiger partial charge in [0, 0.05) is 34.1 Å². The molecule has 0 saturated heterocycles. The van der Waals surface area contributed by atoms with Gasteiger partial charge in [-0.2, -0.15) is 4.98 Å². The second-order valence-electron chi connectivity index (χ2n) is 8.15. The number of hydrogen-bond donors (Lipinski definition) is 6. The highest BCUT2D eigenvalue weighted by atomic mass is 32.2. The minimum atomic E-state index is -3.72. The molecule has 4 rings (SSSR count). The van der Waals surface area contributed by atoms with E-state index in [4.69, 9.17) is 4.78 Å². The molecule has 1 aromatic heterocycles. The van der Waals surface area contributed by atoms with Gasteiger partial charge in [0.25, 0.3) is 10.0 Å². The lowest BCUT2D eigenvalue weighted by atomic mass is 10.1. The Balaban J connectivity index is 1.61. The molecule has 1 heterocycles. The predicted octanol–water partition coefficient (Wildman–Crippen LogP) is 4.08. The monoisotopic (exact) mass is 538 g/mol. The minimum Gasteiger partial charge on any atom is -0.394 e. The van der Waals surface area contributed by atoms with Crippen molar-refractivity contribution in [2.75, 3.05) is 22.0 Å². The van der Waals surface area contributed by atoms with Crippen LogP contribution in [0, 0.1) is 4.78 Å². The molecule has 2 atom stereocenters. The van der Waals surface area contributed by atoms with E-state index in [-0.39, 0.29) is 23.5 Å². The molecule has 192 valence electrons. The van der Waals surface area contributed by atoms with Crippen LogP contribution in [0.25, 0.3) is 11.1 Å². The van der Waals surface area contributed by atoms with Gasteiger partial charge in [0.05, 0.1) is 22.1 Å². The summed E-state index contributed by atoms with van der Waals surface area (Å²) in [5.41, 5.74) is 2.36. The summed E-state index contributed by atoms with van der Waals surface area (Å²) in [6.07, 6.45) is 1.61. The lowest BCUT2D eigenvalue weighted by Crippen LogP contribution is -2.21. The van der Waals surface area contributed by atoms with Gasteiger partial charge in [-0.1, -0.05) is 36.4 Å². The third-order valence-corrected chi connectivity index (χ3v) is 7.43. The van der Waals surface area contributed by atoms with Crippen molar-refractivity contribution >= 4 is 43.8 Å². The van der Waals surface area contributed by atoms with Crippen LogP contribution in [0.3, 0.4) is 0 Å². The molecule has 4 aromatic rings. The Morgan fingerprint density at radius 3 is 2.41 bits per heavy atom. The topological polar surface area (TPSA) is 157 Å². The molecule has 0 radical (unpaired) electrons. The van der Waals surface area contributed by atoms with E-state index < -0.39 is 20.6 Å². The molecule has 0 saturated carbocycles. The first-order valence-corrected chi connectivity index (χ1v) is 14.0. The first-order valence-electron chi connectivity index (χ1n) is 11.2. The molecule has 5 N–H and O–H groups in total. The van der Waals surface area contributed by atoms with E-state index in [0.29, 0.717) is 27.7 Å². The van der Waals surface area contributed by atoms with Crippen LogP contribution in [0.5, 0.6) is 0 Å². The Hall–Kier alpha value is -4.00. The van der Waals surface area contributed by atoms with E-state index in [9.17, 15) is 17.7 Å². The number of anilines is 4. The van der Waals surface area contributed by atoms with Crippen molar-refractivity contribution in [1.29, 1.82) is 4.78 Å². The third kappa shape index (κ3) is 6.61. The van der Waals surface area contributed by atoms with Crippen molar-refractivity contribution in [1.82, 2.24) is 9.97 Å². The predicted molar refractivity (Wildman–Crippen MR) is 145 cm³/mol. The molecule has 0 spiro atoms. The van der Waals surface area contributed by atoms with Gasteiger partial charge in [0.2, 0.25) is 5.95 Å². The zero-order valence-electron chi connectivity index (χ0n) is 19.8. The molecule has 3 aromatic carbocycles. The number of nitrogens with one attached hydrogen (secondary N) is 4. The molecule has 0 fully saturated rings. The fourth-order valence-corrected chi connectivity index (χ4v) is 4.97. The van der Waals surface area contributed by atoms with Crippen LogP contribution in [-0.2, 0) is 20.6 Å². The Labute approximate surface area is 216 Å². The Kier molecular flexibility index (Phi) is 8.01. The summed E-state index contributed by atoms with van der Waals surface area (Å²) in [6.45, 7) is 1.68. The molecule has 0 amide bonds. The molecular formula is C25H26N6O4S2. The maximum absolute atomic E-state index is 12.6. The molecule has 0 aliphatic rings. The molecule has 2 unspecified atom stereocenters. The van der Waals surface area contributed by atoms with Crippen LogP contribution in [0.2, 0.25) is 0 Å². The van der Waals surface area contributed by atoms with Crippen LogP contribution in [0.4, 0.5) is 23.1 Å². The number of rotatable bonds is 10. The number of aliphatic hydroxyl groups excluding tert-OH is 1. The van der Waals surface area contributed by atoms with Crippen molar-refractivity contribution in [2.45, 2.75) is 22.8 Å². The molecule has 12 heteroatoms. The summed E-state index contributed by atoms with van der Waals surface area (Å²) in [5, 5.41) is 15.8. The normalized spacial score (nSPS) is 12.9. The number of nitrogens with zero attached hydrogens (tertiary/aromatic N) is 2. The van der Waals surface area contributed by atoms with E-state index in [1.165, 1.54) is 12.1 Å². The Morgan fingerprint density at radius 1 is 1.00 bits per heavy atom. The Morgan fingerprint density at radius 2 is 1.73 bits per heavy atom. The van der Waals surface area contributed by atoms with Crippen molar-refractivity contribution in [3.63, 3.8) is 0 Å². The number of aromatic nitrogens is 2. The molecular weight excluding hydrogens is 512 g/mol. The summed E-state index contributed by atoms with van der Waals surface area (Å²) in [6, 6.07) is 21.2. The second kappa shape index (κ2) is 11.4. The maximum Gasteiger partial charge on any atom is 0.261 e. The Bertz CT molecular complexity index is 1550. The highest BCUT2D eigenvalue weighted by Gasteiger charge is 2.15. The molecule has 0 aliphatic carbocycles. The third-order valence-electron chi connectivity index (χ3n) is 5.28. The van der Waals surface area contributed by atoms with E-state index in [2.05, 4.69) is 25.3 Å². The van der Waals surface area contributed by atoms with Gasteiger partial charge in [-0.05, 0) is 55.0 Å². The number of aliphatic hydroxyl groups is 1. The zero-order valence-corrected chi connectivity index (χ0v) is 21.5. The van der Waals surface area contributed by atoms with Gasteiger partial charge in [-0.15, -0.1) is 0 Å². The van der Waals surface area contributed by atoms with Gasteiger partial charge in [-0.3, -0.25) is 9.50 Å². The molecule has 10 nitrogen and oxygen atoms in total. The minimum absolute atomic E-state index is 0.120. The van der Waals surface area contributed by atoms with E-state index >= 15 is 0 Å². The van der Waals surface area contributed by atoms with Gasteiger partial charge >= 0.3 is 0 Å². The van der Waals surface area contributed by atoms with E-state index in [1.54, 1.807) is 79.9 Å². The first-order chi connectivity index (χ1) is 17.7. The van der Waals surface area contributed by atoms with Crippen LogP contribution in [0.1, 0.15) is 6.92 Å². The summed E-state index contributed by atoms with van der Waals surface area (Å²) < 4.78 is 46.7. The van der Waals surface area contributed by atoms with Crippen LogP contribution in [-0.4, -0.2) is 40.3 Å². The summed E-state index contributed by atoms with van der Waals surface area (Å²) in [4.78, 5) is 9.49. The summed E-state index contributed by atoms with van der Waals surface area (Å²) >= 11 is 0. The number of thiol groups is 1.